The third kappa shape index (κ3) is 3.78. The maximum absolute atomic E-state index is 10.9. The minimum atomic E-state index is -0.760. The van der Waals surface area contributed by atoms with Crippen molar-refractivity contribution in [1.82, 2.24) is 4.90 Å². The summed E-state index contributed by atoms with van der Waals surface area (Å²) in [6, 6.07) is 8.35. The molecule has 1 aliphatic heterocycles. The molecular formula is C15H21NO3. The normalized spacial score (nSPS) is 20.4. The molecule has 0 bridgehead atoms. The van der Waals surface area contributed by atoms with Crippen molar-refractivity contribution in [2.45, 2.75) is 32.4 Å². The van der Waals surface area contributed by atoms with E-state index < -0.39 is 5.97 Å². The first-order valence-corrected chi connectivity index (χ1v) is 6.81. The van der Waals surface area contributed by atoms with Crippen molar-refractivity contribution in [3.8, 4) is 0 Å². The number of rotatable bonds is 5. The molecule has 1 aromatic carbocycles. The van der Waals surface area contributed by atoms with E-state index in [4.69, 9.17) is 9.84 Å². The minimum absolute atomic E-state index is 0.0174. The molecule has 0 saturated carbocycles. The van der Waals surface area contributed by atoms with Gasteiger partial charge in [-0.3, -0.25) is 9.69 Å². The van der Waals surface area contributed by atoms with E-state index in [1.54, 1.807) is 0 Å². The van der Waals surface area contributed by atoms with Gasteiger partial charge in [0.05, 0.1) is 19.6 Å². The summed E-state index contributed by atoms with van der Waals surface area (Å²) < 4.78 is 5.40. The zero-order chi connectivity index (χ0) is 13.7. The Kier molecular flexibility index (Phi) is 4.93. The number of carboxylic acid groups (broad SMARTS) is 1. The molecule has 1 heterocycles. The summed E-state index contributed by atoms with van der Waals surface area (Å²) >= 11 is 0. The molecule has 1 aromatic rings. The Morgan fingerprint density at radius 1 is 1.42 bits per heavy atom. The number of ether oxygens (including phenoxy) is 1. The number of nitrogens with zero attached hydrogens (tertiary/aromatic N) is 1. The molecule has 1 saturated heterocycles. The van der Waals surface area contributed by atoms with Crippen molar-refractivity contribution in [2.75, 3.05) is 19.8 Å². The van der Waals surface area contributed by atoms with Gasteiger partial charge in [0, 0.05) is 19.1 Å². The van der Waals surface area contributed by atoms with Crippen LogP contribution in [0.3, 0.4) is 0 Å². The maximum atomic E-state index is 10.9. The summed E-state index contributed by atoms with van der Waals surface area (Å²) in [7, 11) is 0. The first-order valence-electron chi connectivity index (χ1n) is 6.81. The first kappa shape index (κ1) is 14.0. The lowest BCUT2D eigenvalue weighted by Gasteiger charge is -2.35. The summed E-state index contributed by atoms with van der Waals surface area (Å²) in [5, 5.41) is 8.97. The van der Waals surface area contributed by atoms with Crippen molar-refractivity contribution in [3.63, 3.8) is 0 Å². The van der Waals surface area contributed by atoms with E-state index in [1.165, 1.54) is 11.1 Å². The number of aliphatic carboxylic acids is 1. The van der Waals surface area contributed by atoms with Crippen LogP contribution in [0.4, 0.5) is 0 Å². The molecule has 1 unspecified atom stereocenters. The quantitative estimate of drug-likeness (QED) is 0.882. The smallest absolute Gasteiger partial charge is 0.305 e. The second kappa shape index (κ2) is 6.68. The molecule has 0 aromatic heterocycles. The maximum Gasteiger partial charge on any atom is 0.305 e. The highest BCUT2D eigenvalue weighted by atomic mass is 16.5. The lowest BCUT2D eigenvalue weighted by atomic mass is 10.0. The fraction of sp³-hybridized carbons (Fsp3) is 0.533. The van der Waals surface area contributed by atoms with E-state index in [2.05, 4.69) is 30.0 Å². The summed E-state index contributed by atoms with van der Waals surface area (Å²) in [6.07, 6.45) is 1.15. The van der Waals surface area contributed by atoms with E-state index in [0.717, 1.165) is 19.5 Å². The fourth-order valence-electron chi connectivity index (χ4n) is 2.56. The van der Waals surface area contributed by atoms with Gasteiger partial charge in [-0.1, -0.05) is 31.2 Å². The Hall–Kier alpha value is -1.39. The highest BCUT2D eigenvalue weighted by Crippen LogP contribution is 2.18. The lowest BCUT2D eigenvalue weighted by Crippen LogP contribution is -2.46. The van der Waals surface area contributed by atoms with Gasteiger partial charge in [0.1, 0.15) is 0 Å². The van der Waals surface area contributed by atoms with Crippen LogP contribution in [0, 0.1) is 0 Å². The monoisotopic (exact) mass is 263 g/mol. The number of aryl methyl sites for hydroxylation is 1. The Bertz CT molecular complexity index is 433. The predicted molar refractivity (Wildman–Crippen MR) is 73.1 cm³/mol. The zero-order valence-electron chi connectivity index (χ0n) is 11.3. The molecule has 19 heavy (non-hydrogen) atoms. The van der Waals surface area contributed by atoms with Crippen LogP contribution < -0.4 is 0 Å². The summed E-state index contributed by atoms with van der Waals surface area (Å²) in [6.45, 7) is 4.96. The van der Waals surface area contributed by atoms with Gasteiger partial charge in [-0.05, 0) is 17.5 Å². The molecule has 104 valence electrons. The average Bonchev–Trinajstić information content (AvgIpc) is 2.41. The number of carbonyl (C=O) groups is 1. The highest BCUT2D eigenvalue weighted by Gasteiger charge is 2.25. The molecule has 4 nitrogen and oxygen atoms in total. The van der Waals surface area contributed by atoms with Gasteiger partial charge in [-0.15, -0.1) is 0 Å². The molecule has 0 radical (unpaired) electrons. The molecule has 0 aliphatic carbocycles. The first-order chi connectivity index (χ1) is 9.20. The van der Waals surface area contributed by atoms with Crippen molar-refractivity contribution < 1.29 is 14.6 Å². The summed E-state index contributed by atoms with van der Waals surface area (Å²) in [5.74, 6) is -0.760. The third-order valence-electron chi connectivity index (χ3n) is 3.63. The van der Waals surface area contributed by atoms with E-state index in [1.807, 2.05) is 6.07 Å². The van der Waals surface area contributed by atoms with E-state index in [0.29, 0.717) is 13.2 Å². The number of morpholine rings is 1. The standard InChI is InChI=1S/C15H21NO3/c1-2-12-5-3-4-6-13(12)10-16-7-8-19-11-14(16)9-15(17)18/h3-6,14H,2,7-11H2,1H3,(H,17,18). The molecule has 1 N–H and O–H groups in total. The van der Waals surface area contributed by atoms with Gasteiger partial charge >= 0.3 is 5.97 Å². The van der Waals surface area contributed by atoms with Gasteiger partial charge in [-0.2, -0.15) is 0 Å². The molecular weight excluding hydrogens is 242 g/mol. The molecule has 4 heteroatoms. The van der Waals surface area contributed by atoms with Crippen molar-refractivity contribution in [1.29, 1.82) is 0 Å². The molecule has 1 aliphatic rings. The second-order valence-electron chi connectivity index (χ2n) is 4.92. The van der Waals surface area contributed by atoms with Gasteiger partial charge in [0.15, 0.2) is 0 Å². The number of benzene rings is 1. The summed E-state index contributed by atoms with van der Waals surface area (Å²) in [5.41, 5.74) is 2.63. The Morgan fingerprint density at radius 3 is 2.84 bits per heavy atom. The number of hydrogen-bond donors (Lipinski definition) is 1. The topological polar surface area (TPSA) is 49.8 Å². The van der Waals surface area contributed by atoms with Crippen LogP contribution in [-0.4, -0.2) is 41.8 Å². The fourth-order valence-corrected chi connectivity index (χ4v) is 2.56. The predicted octanol–water partition coefficient (Wildman–Crippen LogP) is 1.92. The van der Waals surface area contributed by atoms with E-state index >= 15 is 0 Å². The van der Waals surface area contributed by atoms with Crippen LogP contribution in [-0.2, 0) is 22.5 Å². The molecule has 1 atom stereocenters. The molecule has 1 fully saturated rings. The SMILES string of the molecule is CCc1ccccc1CN1CCOCC1CC(=O)O. The third-order valence-corrected chi connectivity index (χ3v) is 3.63. The Labute approximate surface area is 114 Å². The highest BCUT2D eigenvalue weighted by molar-refractivity contribution is 5.67. The van der Waals surface area contributed by atoms with Crippen LogP contribution >= 0.6 is 0 Å². The number of carboxylic acids is 1. The van der Waals surface area contributed by atoms with Crippen LogP contribution in [0.2, 0.25) is 0 Å². The van der Waals surface area contributed by atoms with E-state index in [-0.39, 0.29) is 12.5 Å². The Balaban J connectivity index is 2.08. The van der Waals surface area contributed by atoms with Crippen LogP contribution in [0.5, 0.6) is 0 Å². The second-order valence-corrected chi connectivity index (χ2v) is 4.92. The van der Waals surface area contributed by atoms with Gasteiger partial charge in [0.2, 0.25) is 0 Å². The van der Waals surface area contributed by atoms with Crippen molar-refractivity contribution >= 4 is 5.97 Å². The van der Waals surface area contributed by atoms with Gasteiger partial charge < -0.3 is 9.84 Å². The van der Waals surface area contributed by atoms with Crippen LogP contribution in [0.15, 0.2) is 24.3 Å². The van der Waals surface area contributed by atoms with E-state index in [9.17, 15) is 4.79 Å². The van der Waals surface area contributed by atoms with Crippen molar-refractivity contribution in [3.05, 3.63) is 35.4 Å². The summed E-state index contributed by atoms with van der Waals surface area (Å²) in [4.78, 5) is 13.1. The molecule has 0 amide bonds. The van der Waals surface area contributed by atoms with Crippen LogP contribution in [0.25, 0.3) is 0 Å². The minimum Gasteiger partial charge on any atom is -0.481 e. The van der Waals surface area contributed by atoms with Crippen LogP contribution in [0.1, 0.15) is 24.5 Å². The van der Waals surface area contributed by atoms with Crippen molar-refractivity contribution in [2.24, 2.45) is 0 Å². The molecule has 0 spiro atoms. The average molecular weight is 263 g/mol. The zero-order valence-corrected chi connectivity index (χ0v) is 11.3. The molecule has 2 rings (SSSR count). The largest absolute Gasteiger partial charge is 0.481 e. The Morgan fingerprint density at radius 2 is 2.16 bits per heavy atom. The van der Waals surface area contributed by atoms with Gasteiger partial charge in [-0.25, -0.2) is 0 Å². The number of hydrogen-bond acceptors (Lipinski definition) is 3. The van der Waals surface area contributed by atoms with Gasteiger partial charge in [0.25, 0.3) is 0 Å². The lowest BCUT2D eigenvalue weighted by molar-refractivity contribution is -0.140.